The molecule has 0 atom stereocenters. The summed E-state index contributed by atoms with van der Waals surface area (Å²) in [5.74, 6) is -2.03. The van der Waals surface area contributed by atoms with Crippen molar-refractivity contribution in [2.75, 3.05) is 0 Å². The summed E-state index contributed by atoms with van der Waals surface area (Å²) in [7, 11) is 0. The number of phenolic OH excluding ortho intramolecular Hbond substituents is 2. The number of aliphatic hydroxyl groups is 3. The highest BCUT2D eigenvalue weighted by Crippen LogP contribution is 2.27. The number of rotatable bonds is 10. The highest BCUT2D eigenvalue weighted by Gasteiger charge is 2.16. The molecule has 0 aliphatic rings. The van der Waals surface area contributed by atoms with Gasteiger partial charge in [0.15, 0.2) is 0 Å². The van der Waals surface area contributed by atoms with Crippen LogP contribution < -0.4 is 0 Å². The van der Waals surface area contributed by atoms with Crippen molar-refractivity contribution < 1.29 is 25.5 Å². The van der Waals surface area contributed by atoms with Crippen LogP contribution in [0.3, 0.4) is 0 Å². The van der Waals surface area contributed by atoms with Crippen LogP contribution in [0.5, 0.6) is 11.5 Å². The monoisotopic (exact) mass is 342 g/mol. The first kappa shape index (κ1) is 22.7. The van der Waals surface area contributed by atoms with Gasteiger partial charge in [0.25, 0.3) is 5.97 Å². The van der Waals surface area contributed by atoms with Gasteiger partial charge in [-0.25, -0.2) is 0 Å². The Morgan fingerprint density at radius 1 is 0.750 bits per heavy atom. The van der Waals surface area contributed by atoms with Crippen LogP contribution in [0.4, 0.5) is 0 Å². The van der Waals surface area contributed by atoms with Gasteiger partial charge in [-0.05, 0) is 31.4 Å². The normalized spacial score (nSPS) is 11.0. The second-order valence-corrected chi connectivity index (χ2v) is 6.17. The lowest BCUT2D eigenvalue weighted by atomic mass is 10.0. The SMILES string of the molecule is CCCCCCC(O)(O)O.CCCCCCc1c(O)cccc1O. The van der Waals surface area contributed by atoms with Crippen molar-refractivity contribution >= 4 is 0 Å². The van der Waals surface area contributed by atoms with E-state index in [1.165, 1.54) is 12.8 Å². The molecule has 0 heterocycles. The maximum absolute atomic E-state index is 9.49. The van der Waals surface area contributed by atoms with Crippen LogP contribution in [0.15, 0.2) is 18.2 Å². The first-order valence-electron chi connectivity index (χ1n) is 8.98. The molecule has 1 rings (SSSR count). The molecule has 1 aromatic rings. The summed E-state index contributed by atoms with van der Waals surface area (Å²) in [6.45, 7) is 4.24. The predicted octanol–water partition coefficient (Wildman–Crippen LogP) is 3.81. The van der Waals surface area contributed by atoms with Gasteiger partial charge < -0.3 is 25.5 Å². The maximum Gasteiger partial charge on any atom is 0.275 e. The third-order valence-electron chi connectivity index (χ3n) is 3.77. The van der Waals surface area contributed by atoms with Gasteiger partial charge in [0.1, 0.15) is 11.5 Å². The number of benzene rings is 1. The van der Waals surface area contributed by atoms with Crippen LogP contribution in [0.2, 0.25) is 0 Å². The average molecular weight is 342 g/mol. The first-order valence-corrected chi connectivity index (χ1v) is 8.98. The molecule has 5 heteroatoms. The Morgan fingerprint density at radius 3 is 1.71 bits per heavy atom. The minimum absolute atomic E-state index is 0.0486. The van der Waals surface area contributed by atoms with Crippen molar-refractivity contribution in [3.63, 3.8) is 0 Å². The zero-order valence-corrected chi connectivity index (χ0v) is 15.0. The van der Waals surface area contributed by atoms with Crippen molar-refractivity contribution in [3.8, 4) is 11.5 Å². The van der Waals surface area contributed by atoms with Gasteiger partial charge in [-0.15, -0.1) is 0 Å². The Kier molecular flexibility index (Phi) is 12.3. The van der Waals surface area contributed by atoms with E-state index < -0.39 is 5.97 Å². The van der Waals surface area contributed by atoms with E-state index in [4.69, 9.17) is 15.3 Å². The molecule has 24 heavy (non-hydrogen) atoms. The van der Waals surface area contributed by atoms with E-state index in [2.05, 4.69) is 13.8 Å². The highest BCUT2D eigenvalue weighted by atomic mass is 16.7. The van der Waals surface area contributed by atoms with E-state index in [-0.39, 0.29) is 17.9 Å². The van der Waals surface area contributed by atoms with Crippen LogP contribution in [0.1, 0.15) is 77.2 Å². The van der Waals surface area contributed by atoms with E-state index in [1.807, 2.05) is 0 Å². The maximum atomic E-state index is 9.49. The molecule has 0 aliphatic heterocycles. The molecule has 0 aliphatic carbocycles. The Morgan fingerprint density at radius 2 is 1.25 bits per heavy atom. The lowest BCUT2D eigenvalue weighted by Crippen LogP contribution is -2.26. The first-order chi connectivity index (χ1) is 11.3. The Hall–Kier alpha value is -1.30. The lowest BCUT2D eigenvalue weighted by molar-refractivity contribution is -0.315. The van der Waals surface area contributed by atoms with Crippen LogP contribution in [0.25, 0.3) is 0 Å². The van der Waals surface area contributed by atoms with Crippen molar-refractivity contribution in [3.05, 3.63) is 23.8 Å². The molecule has 0 unspecified atom stereocenters. The minimum Gasteiger partial charge on any atom is -0.508 e. The largest absolute Gasteiger partial charge is 0.508 e. The molecule has 1 aromatic carbocycles. The van der Waals surface area contributed by atoms with Crippen LogP contribution in [-0.2, 0) is 6.42 Å². The highest BCUT2D eigenvalue weighted by molar-refractivity contribution is 5.42. The summed E-state index contributed by atoms with van der Waals surface area (Å²) in [5.41, 5.74) is 0.684. The van der Waals surface area contributed by atoms with Crippen molar-refractivity contribution in [2.45, 2.75) is 84.0 Å². The van der Waals surface area contributed by atoms with Crippen molar-refractivity contribution in [2.24, 2.45) is 0 Å². The molecule has 140 valence electrons. The minimum atomic E-state index is -2.45. The molecule has 5 N–H and O–H groups in total. The van der Waals surface area contributed by atoms with Crippen LogP contribution >= 0.6 is 0 Å². The predicted molar refractivity (Wildman–Crippen MR) is 95.8 cm³/mol. The second kappa shape index (κ2) is 13.0. The fourth-order valence-corrected chi connectivity index (χ4v) is 2.34. The smallest absolute Gasteiger partial charge is 0.275 e. The number of hydrogen-bond acceptors (Lipinski definition) is 5. The third kappa shape index (κ3) is 12.2. The quantitative estimate of drug-likeness (QED) is 0.329. The van der Waals surface area contributed by atoms with E-state index >= 15 is 0 Å². The summed E-state index contributed by atoms with van der Waals surface area (Å²) in [5, 5.41) is 44.3. The van der Waals surface area contributed by atoms with Gasteiger partial charge in [-0.2, -0.15) is 0 Å². The second-order valence-electron chi connectivity index (χ2n) is 6.17. The summed E-state index contributed by atoms with van der Waals surface area (Å²) < 4.78 is 0. The van der Waals surface area contributed by atoms with E-state index in [0.717, 1.165) is 38.5 Å². The Bertz CT molecular complexity index is 406. The molecule has 0 saturated carbocycles. The summed E-state index contributed by atoms with van der Waals surface area (Å²) >= 11 is 0. The van der Waals surface area contributed by atoms with Gasteiger partial charge in [-0.1, -0.05) is 58.4 Å². The molecule has 0 spiro atoms. The van der Waals surface area contributed by atoms with Crippen molar-refractivity contribution in [1.29, 1.82) is 0 Å². The van der Waals surface area contributed by atoms with Gasteiger partial charge in [0.2, 0.25) is 0 Å². The van der Waals surface area contributed by atoms with E-state index in [9.17, 15) is 10.2 Å². The number of unbranched alkanes of at least 4 members (excludes halogenated alkanes) is 6. The Balaban J connectivity index is 0.000000470. The number of phenols is 2. The molecule has 5 nitrogen and oxygen atoms in total. The molecular weight excluding hydrogens is 308 g/mol. The zero-order valence-electron chi connectivity index (χ0n) is 15.0. The molecule has 0 aromatic heterocycles. The fraction of sp³-hybridized carbons (Fsp3) is 0.684. The molecule has 0 radical (unpaired) electrons. The topological polar surface area (TPSA) is 101 Å². The van der Waals surface area contributed by atoms with E-state index in [1.54, 1.807) is 18.2 Å². The van der Waals surface area contributed by atoms with Crippen LogP contribution in [-0.4, -0.2) is 31.5 Å². The standard InChI is InChI=1S/C12H18O2.C7H16O3/c1-2-3-4-5-7-10-11(13)8-6-9-12(10)14;1-2-3-4-5-6-7(8,9)10/h6,8-9,13-14H,2-5,7H2,1H3;8-10H,2-6H2,1H3. The molecule has 0 bridgehead atoms. The van der Waals surface area contributed by atoms with Gasteiger partial charge in [0, 0.05) is 12.0 Å². The zero-order chi connectivity index (χ0) is 18.4. The summed E-state index contributed by atoms with van der Waals surface area (Å²) in [6.07, 6.45) is 9.21. The number of aromatic hydroxyl groups is 2. The fourth-order valence-electron chi connectivity index (χ4n) is 2.34. The van der Waals surface area contributed by atoms with E-state index in [0.29, 0.717) is 12.0 Å². The third-order valence-corrected chi connectivity index (χ3v) is 3.77. The molecule has 0 fully saturated rings. The molecular formula is C19H34O5. The summed E-state index contributed by atoms with van der Waals surface area (Å²) in [4.78, 5) is 0. The Labute approximate surface area is 145 Å². The molecule has 0 saturated heterocycles. The van der Waals surface area contributed by atoms with Crippen molar-refractivity contribution in [1.82, 2.24) is 0 Å². The van der Waals surface area contributed by atoms with Gasteiger partial charge in [0.05, 0.1) is 0 Å². The lowest BCUT2D eigenvalue weighted by Gasteiger charge is -2.12. The average Bonchev–Trinajstić information content (AvgIpc) is 2.50. The summed E-state index contributed by atoms with van der Waals surface area (Å²) in [6, 6.07) is 4.89. The molecule has 0 amide bonds. The van der Waals surface area contributed by atoms with Gasteiger partial charge >= 0.3 is 0 Å². The van der Waals surface area contributed by atoms with Gasteiger partial charge in [-0.3, -0.25) is 0 Å². The van der Waals surface area contributed by atoms with Crippen LogP contribution in [0, 0.1) is 0 Å². The number of hydrogen-bond donors (Lipinski definition) is 5.